The molecular formula is C12H22N6. The Balaban J connectivity index is 2.10. The van der Waals surface area contributed by atoms with E-state index in [1.54, 1.807) is 6.20 Å². The van der Waals surface area contributed by atoms with Crippen LogP contribution >= 0.6 is 0 Å². The fraction of sp³-hybridized carbons (Fsp3) is 0.750. The second-order valence-electron chi connectivity index (χ2n) is 4.87. The lowest BCUT2D eigenvalue weighted by atomic mass is 9.98. The molecule has 18 heavy (non-hydrogen) atoms. The lowest BCUT2D eigenvalue weighted by Gasteiger charge is -2.45. The highest BCUT2D eigenvalue weighted by molar-refractivity contribution is 5.40. The van der Waals surface area contributed by atoms with Gasteiger partial charge in [0.05, 0.1) is 6.20 Å². The largest absolute Gasteiger partial charge is 0.334 e. The van der Waals surface area contributed by atoms with Crippen molar-refractivity contribution in [3.63, 3.8) is 0 Å². The summed E-state index contributed by atoms with van der Waals surface area (Å²) in [6.07, 6.45) is 6.20. The number of anilines is 1. The number of nitrogens with one attached hydrogen (secondary N) is 1. The van der Waals surface area contributed by atoms with Crippen molar-refractivity contribution in [2.45, 2.75) is 38.3 Å². The Morgan fingerprint density at radius 2 is 2.39 bits per heavy atom. The lowest BCUT2D eigenvalue weighted by Crippen LogP contribution is -2.67. The molecule has 0 spiro atoms. The van der Waals surface area contributed by atoms with E-state index in [-0.39, 0.29) is 5.66 Å². The molecule has 0 aromatic carbocycles. The second-order valence-corrected chi connectivity index (χ2v) is 4.87. The van der Waals surface area contributed by atoms with E-state index < -0.39 is 0 Å². The third-order valence-corrected chi connectivity index (χ3v) is 3.46. The minimum atomic E-state index is -0.358. The van der Waals surface area contributed by atoms with Gasteiger partial charge >= 0.3 is 0 Å². The zero-order valence-electron chi connectivity index (χ0n) is 11.0. The number of hydrogen-bond donors (Lipinski definition) is 2. The molecule has 1 unspecified atom stereocenters. The van der Waals surface area contributed by atoms with Crippen molar-refractivity contribution >= 4 is 5.82 Å². The van der Waals surface area contributed by atoms with Crippen LogP contribution in [0.15, 0.2) is 12.3 Å². The Labute approximate surface area is 108 Å². The second kappa shape index (κ2) is 6.06. The van der Waals surface area contributed by atoms with E-state index in [0.29, 0.717) is 0 Å². The van der Waals surface area contributed by atoms with Crippen molar-refractivity contribution < 1.29 is 0 Å². The van der Waals surface area contributed by atoms with Crippen molar-refractivity contribution in [2.75, 3.05) is 24.5 Å². The van der Waals surface area contributed by atoms with E-state index in [1.165, 1.54) is 12.8 Å². The minimum absolute atomic E-state index is 0.358. The first kappa shape index (κ1) is 13.2. The topological polar surface area (TPSA) is 80.0 Å². The Bertz CT molecular complexity index is 357. The first-order valence-electron chi connectivity index (χ1n) is 6.68. The molecule has 1 aliphatic heterocycles. The first-order chi connectivity index (χ1) is 8.76. The third-order valence-electron chi connectivity index (χ3n) is 3.46. The molecule has 2 heterocycles. The van der Waals surface area contributed by atoms with Crippen LogP contribution in [0.1, 0.15) is 32.6 Å². The van der Waals surface area contributed by atoms with Crippen molar-refractivity contribution in [3.8, 4) is 0 Å². The molecule has 3 N–H and O–H groups in total. The molecule has 1 aliphatic rings. The van der Waals surface area contributed by atoms with E-state index in [1.807, 2.05) is 6.07 Å². The summed E-state index contributed by atoms with van der Waals surface area (Å²) in [4.78, 5) is 2.16. The van der Waals surface area contributed by atoms with E-state index in [0.717, 1.165) is 38.3 Å². The maximum atomic E-state index is 6.55. The van der Waals surface area contributed by atoms with Gasteiger partial charge < -0.3 is 16.0 Å². The molecule has 0 bridgehead atoms. The predicted molar refractivity (Wildman–Crippen MR) is 71.1 cm³/mol. The van der Waals surface area contributed by atoms with Crippen LogP contribution in [0.5, 0.6) is 0 Å². The zero-order chi connectivity index (χ0) is 12.8. The maximum Gasteiger partial charge on any atom is 0.156 e. The van der Waals surface area contributed by atoms with Crippen LogP contribution in [-0.4, -0.2) is 40.7 Å². The van der Waals surface area contributed by atoms with Crippen LogP contribution in [0.25, 0.3) is 0 Å². The average Bonchev–Trinajstić information content (AvgIpc) is 2.40. The highest BCUT2D eigenvalue weighted by Crippen LogP contribution is 2.24. The number of nitrogens with zero attached hydrogens (tertiary/aromatic N) is 4. The molecule has 2 rings (SSSR count). The van der Waals surface area contributed by atoms with Gasteiger partial charge in [0, 0.05) is 25.7 Å². The van der Waals surface area contributed by atoms with Crippen LogP contribution in [0.4, 0.5) is 5.82 Å². The summed E-state index contributed by atoms with van der Waals surface area (Å²) in [6.45, 7) is 4.78. The molecule has 1 saturated heterocycles. The SMILES string of the molecule is CCCCCC1(N)CNCCN1c1ccnnn1. The lowest BCUT2D eigenvalue weighted by molar-refractivity contribution is 0.302. The van der Waals surface area contributed by atoms with Crippen LogP contribution in [0.3, 0.4) is 0 Å². The molecule has 0 saturated carbocycles. The molecule has 1 aromatic heterocycles. The Morgan fingerprint density at radius 3 is 3.11 bits per heavy atom. The molecule has 100 valence electrons. The third kappa shape index (κ3) is 2.94. The van der Waals surface area contributed by atoms with Crippen LogP contribution in [0.2, 0.25) is 0 Å². The summed E-state index contributed by atoms with van der Waals surface area (Å²) >= 11 is 0. The standard InChI is InChI=1S/C12H22N6/c1-2-3-4-6-12(13)10-14-8-9-18(12)11-5-7-15-17-16-11/h5,7,14H,2-4,6,8-10,13H2,1H3. The quantitative estimate of drug-likeness (QED) is 0.742. The van der Waals surface area contributed by atoms with Crippen molar-refractivity contribution in [2.24, 2.45) is 5.73 Å². The smallest absolute Gasteiger partial charge is 0.156 e. The van der Waals surface area contributed by atoms with Crippen molar-refractivity contribution in [1.82, 2.24) is 20.7 Å². The van der Waals surface area contributed by atoms with Gasteiger partial charge in [-0.05, 0) is 18.1 Å². The Kier molecular flexibility index (Phi) is 4.43. The number of nitrogens with two attached hydrogens (primary N) is 1. The predicted octanol–water partition coefficient (Wildman–Crippen LogP) is 0.516. The number of aromatic nitrogens is 3. The molecular weight excluding hydrogens is 228 g/mol. The Hall–Kier alpha value is -1.27. The molecule has 1 atom stereocenters. The van der Waals surface area contributed by atoms with E-state index >= 15 is 0 Å². The number of unbranched alkanes of at least 4 members (excludes halogenated alkanes) is 2. The number of piperazine rings is 1. The summed E-state index contributed by atoms with van der Waals surface area (Å²) in [5, 5.41) is 14.9. The molecule has 6 heteroatoms. The van der Waals surface area contributed by atoms with Gasteiger partial charge in [-0.1, -0.05) is 19.8 Å². The first-order valence-corrected chi connectivity index (χ1v) is 6.68. The normalized spacial score (nSPS) is 24.2. The van der Waals surface area contributed by atoms with E-state index in [4.69, 9.17) is 5.73 Å². The zero-order valence-corrected chi connectivity index (χ0v) is 11.0. The average molecular weight is 250 g/mol. The van der Waals surface area contributed by atoms with Gasteiger partial charge in [0.25, 0.3) is 0 Å². The monoisotopic (exact) mass is 250 g/mol. The van der Waals surface area contributed by atoms with Crippen LogP contribution in [0, 0.1) is 0 Å². The Morgan fingerprint density at radius 1 is 1.50 bits per heavy atom. The molecule has 0 radical (unpaired) electrons. The van der Waals surface area contributed by atoms with E-state index in [9.17, 15) is 0 Å². The van der Waals surface area contributed by atoms with Crippen molar-refractivity contribution in [1.29, 1.82) is 0 Å². The molecule has 1 fully saturated rings. The highest BCUT2D eigenvalue weighted by Gasteiger charge is 2.35. The summed E-state index contributed by atoms with van der Waals surface area (Å²) in [7, 11) is 0. The minimum Gasteiger partial charge on any atom is -0.334 e. The molecule has 0 amide bonds. The van der Waals surface area contributed by atoms with E-state index in [2.05, 4.69) is 32.6 Å². The number of hydrogen-bond acceptors (Lipinski definition) is 6. The van der Waals surface area contributed by atoms with Gasteiger partial charge in [0.15, 0.2) is 5.82 Å². The van der Waals surface area contributed by atoms with Gasteiger partial charge in [-0.25, -0.2) is 0 Å². The van der Waals surface area contributed by atoms with Crippen LogP contribution < -0.4 is 16.0 Å². The van der Waals surface area contributed by atoms with Gasteiger partial charge in [0.1, 0.15) is 5.66 Å². The van der Waals surface area contributed by atoms with Gasteiger partial charge in [-0.2, -0.15) is 0 Å². The summed E-state index contributed by atoms with van der Waals surface area (Å²) in [5.41, 5.74) is 6.19. The highest BCUT2D eigenvalue weighted by atomic mass is 15.4. The van der Waals surface area contributed by atoms with Gasteiger partial charge in [0.2, 0.25) is 0 Å². The summed E-state index contributed by atoms with van der Waals surface area (Å²) < 4.78 is 0. The summed E-state index contributed by atoms with van der Waals surface area (Å²) in [6, 6.07) is 1.87. The molecule has 6 nitrogen and oxygen atoms in total. The molecule has 0 aliphatic carbocycles. The molecule has 1 aromatic rings. The fourth-order valence-corrected chi connectivity index (χ4v) is 2.44. The van der Waals surface area contributed by atoms with Gasteiger partial charge in [-0.3, -0.25) is 0 Å². The van der Waals surface area contributed by atoms with Gasteiger partial charge in [-0.15, -0.1) is 10.2 Å². The van der Waals surface area contributed by atoms with Crippen LogP contribution in [-0.2, 0) is 0 Å². The summed E-state index contributed by atoms with van der Waals surface area (Å²) in [5.74, 6) is 0.825. The maximum absolute atomic E-state index is 6.55. The van der Waals surface area contributed by atoms with Crippen molar-refractivity contribution in [3.05, 3.63) is 12.3 Å². The fourth-order valence-electron chi connectivity index (χ4n) is 2.44. The number of rotatable bonds is 5.